The number of aliphatic carboxylic acids is 1. The molecule has 0 heterocycles. The van der Waals surface area contributed by atoms with Crippen molar-refractivity contribution in [1.29, 1.82) is 0 Å². The third-order valence-electron chi connectivity index (χ3n) is 8.53. The minimum atomic E-state index is -1.31. The van der Waals surface area contributed by atoms with Crippen molar-refractivity contribution in [2.75, 3.05) is 0 Å². The van der Waals surface area contributed by atoms with Crippen LogP contribution in [0.15, 0.2) is 23.8 Å². The van der Waals surface area contributed by atoms with Gasteiger partial charge in [-0.25, -0.2) is 0 Å². The van der Waals surface area contributed by atoms with Gasteiger partial charge in [0.2, 0.25) is 0 Å². The monoisotopic (exact) mass is 418 g/mol. The first-order chi connectivity index (χ1) is 14.0. The Labute approximate surface area is 180 Å². The molecular formula is C25H38O5. The van der Waals surface area contributed by atoms with Gasteiger partial charge in [-0.05, 0) is 74.7 Å². The molecule has 2 N–H and O–H groups in total. The number of carboxylic acid groups (broad SMARTS) is 1. The summed E-state index contributed by atoms with van der Waals surface area (Å²) in [6.45, 7) is 13.8. The van der Waals surface area contributed by atoms with Crippen LogP contribution in [0.4, 0.5) is 0 Å². The number of ether oxygens (including phenoxy) is 1. The number of hydrogen-bond donors (Lipinski definition) is 2. The van der Waals surface area contributed by atoms with Crippen LogP contribution in [-0.4, -0.2) is 34.4 Å². The topological polar surface area (TPSA) is 83.8 Å². The molecule has 7 atom stereocenters. The molecule has 5 nitrogen and oxygen atoms in total. The van der Waals surface area contributed by atoms with Gasteiger partial charge in [0.15, 0.2) is 0 Å². The minimum absolute atomic E-state index is 0.152. The van der Waals surface area contributed by atoms with Crippen molar-refractivity contribution in [2.24, 2.45) is 34.5 Å². The van der Waals surface area contributed by atoms with Crippen molar-refractivity contribution in [2.45, 2.75) is 85.4 Å². The molecule has 0 bridgehead atoms. The highest BCUT2D eigenvalue weighted by Gasteiger charge is 2.66. The molecule has 0 unspecified atom stereocenters. The van der Waals surface area contributed by atoms with Crippen LogP contribution < -0.4 is 0 Å². The fourth-order valence-corrected chi connectivity index (χ4v) is 7.07. The van der Waals surface area contributed by atoms with Gasteiger partial charge in [0, 0.05) is 12.3 Å². The number of allylic oxidation sites excluding steroid dienone is 3. The Bertz CT molecular complexity index is 753. The van der Waals surface area contributed by atoms with Crippen molar-refractivity contribution >= 4 is 11.9 Å². The van der Waals surface area contributed by atoms with E-state index in [1.165, 1.54) is 11.1 Å². The lowest BCUT2D eigenvalue weighted by Crippen LogP contribution is -2.65. The average Bonchev–Trinajstić information content (AvgIpc) is 2.64. The van der Waals surface area contributed by atoms with Crippen LogP contribution in [0, 0.1) is 34.5 Å². The smallest absolute Gasteiger partial charge is 0.313 e. The molecule has 0 aliphatic heterocycles. The molecule has 0 radical (unpaired) electrons. The van der Waals surface area contributed by atoms with Gasteiger partial charge in [-0.3, -0.25) is 9.59 Å². The van der Waals surface area contributed by atoms with Crippen LogP contribution >= 0.6 is 0 Å². The van der Waals surface area contributed by atoms with Crippen LogP contribution in [0.25, 0.3) is 0 Å². The van der Waals surface area contributed by atoms with Crippen LogP contribution in [0.1, 0.15) is 73.1 Å². The van der Waals surface area contributed by atoms with Crippen molar-refractivity contribution in [3.8, 4) is 0 Å². The van der Waals surface area contributed by atoms with Crippen LogP contribution in [0.2, 0.25) is 0 Å². The zero-order chi connectivity index (χ0) is 22.4. The van der Waals surface area contributed by atoms with Gasteiger partial charge in [0.25, 0.3) is 0 Å². The quantitative estimate of drug-likeness (QED) is 0.630. The van der Waals surface area contributed by atoms with E-state index in [1.54, 1.807) is 6.92 Å². The lowest BCUT2D eigenvalue weighted by Gasteiger charge is -2.63. The Morgan fingerprint density at radius 1 is 1.30 bits per heavy atom. The van der Waals surface area contributed by atoms with E-state index in [1.807, 2.05) is 19.9 Å². The SMILES string of the molecule is C=CC1=C(C)[C@@H]2C[C@@H](O)[C@H]3[C@](C)(CC[C@@H](OC(=O)CC(C)C)[C@@]3(C)C(=O)O)[C@H]2CC1. The van der Waals surface area contributed by atoms with E-state index >= 15 is 0 Å². The molecule has 2 saturated carbocycles. The summed E-state index contributed by atoms with van der Waals surface area (Å²) < 4.78 is 5.76. The maximum atomic E-state index is 12.6. The first-order valence-electron chi connectivity index (χ1n) is 11.4. The molecule has 0 amide bonds. The fraction of sp³-hybridized carbons (Fsp3) is 0.760. The summed E-state index contributed by atoms with van der Waals surface area (Å²) >= 11 is 0. The third-order valence-corrected chi connectivity index (χ3v) is 8.53. The summed E-state index contributed by atoms with van der Waals surface area (Å²) in [5, 5.41) is 21.7. The molecular weight excluding hydrogens is 380 g/mol. The predicted octanol–water partition coefficient (Wildman–Crippen LogP) is 4.74. The Kier molecular flexibility index (Phi) is 6.26. The van der Waals surface area contributed by atoms with Gasteiger partial charge in [-0.1, -0.05) is 39.0 Å². The number of aliphatic hydroxyl groups excluding tert-OH is 1. The maximum Gasteiger partial charge on any atom is 0.313 e. The first-order valence-corrected chi connectivity index (χ1v) is 11.4. The number of carbonyl (C=O) groups excluding carboxylic acids is 1. The molecule has 0 spiro atoms. The Hall–Kier alpha value is -1.62. The number of carboxylic acids is 1. The van der Waals surface area contributed by atoms with Crippen molar-refractivity contribution in [3.05, 3.63) is 23.8 Å². The van der Waals surface area contributed by atoms with E-state index in [9.17, 15) is 19.8 Å². The average molecular weight is 419 g/mol. The normalized spacial score (nSPS) is 41.1. The van der Waals surface area contributed by atoms with Gasteiger partial charge in [0.05, 0.1) is 6.10 Å². The van der Waals surface area contributed by atoms with Crippen LogP contribution in [-0.2, 0) is 14.3 Å². The predicted molar refractivity (Wildman–Crippen MR) is 116 cm³/mol. The largest absolute Gasteiger partial charge is 0.481 e. The highest BCUT2D eigenvalue weighted by atomic mass is 16.5. The van der Waals surface area contributed by atoms with E-state index in [2.05, 4.69) is 20.4 Å². The van der Waals surface area contributed by atoms with Crippen LogP contribution in [0.5, 0.6) is 0 Å². The fourth-order valence-electron chi connectivity index (χ4n) is 7.07. The second kappa shape index (κ2) is 8.14. The second-order valence-electron chi connectivity index (χ2n) is 10.7. The standard InChI is InChI=1S/C25H38O5/c1-7-16-8-9-18-17(15(16)4)13-19(26)22-24(18,5)11-10-20(25(22,6)23(28)29)30-21(27)12-14(2)3/h7,14,17-20,22,26H,1,8-13H2,2-6H3,(H,28,29)/t17-,18-,19+,20+,22-,24+,25+/m0/s1. The third kappa shape index (κ3) is 3.53. The number of aliphatic hydroxyl groups is 1. The molecule has 0 aromatic carbocycles. The van der Waals surface area contributed by atoms with Gasteiger partial charge in [-0.15, -0.1) is 0 Å². The van der Waals surface area contributed by atoms with E-state index in [0.717, 1.165) is 19.3 Å². The van der Waals surface area contributed by atoms with E-state index < -0.39 is 29.5 Å². The number of hydrogen-bond acceptors (Lipinski definition) is 4. The lowest BCUT2D eigenvalue weighted by atomic mass is 9.42. The molecule has 0 aromatic rings. The summed E-state index contributed by atoms with van der Waals surface area (Å²) in [5.41, 5.74) is 0.940. The van der Waals surface area contributed by atoms with E-state index in [-0.39, 0.29) is 29.6 Å². The van der Waals surface area contributed by atoms with Gasteiger partial charge in [-0.2, -0.15) is 0 Å². The molecule has 0 saturated heterocycles. The van der Waals surface area contributed by atoms with Gasteiger partial charge < -0.3 is 14.9 Å². The van der Waals surface area contributed by atoms with Crippen LogP contribution in [0.3, 0.4) is 0 Å². The molecule has 168 valence electrons. The maximum absolute atomic E-state index is 12.6. The number of fused-ring (bicyclic) bond motifs is 3. The second-order valence-corrected chi connectivity index (χ2v) is 10.7. The van der Waals surface area contributed by atoms with E-state index in [4.69, 9.17) is 4.74 Å². The molecule has 30 heavy (non-hydrogen) atoms. The van der Waals surface area contributed by atoms with Gasteiger partial charge >= 0.3 is 11.9 Å². The Balaban J connectivity index is 1.98. The molecule has 5 heteroatoms. The molecule has 0 aromatic heterocycles. The zero-order valence-electron chi connectivity index (χ0n) is 19.1. The summed E-state index contributed by atoms with van der Waals surface area (Å²) in [5.74, 6) is -1.05. The van der Waals surface area contributed by atoms with Crippen molar-refractivity contribution in [1.82, 2.24) is 0 Å². The van der Waals surface area contributed by atoms with Crippen molar-refractivity contribution in [3.63, 3.8) is 0 Å². The summed E-state index contributed by atoms with van der Waals surface area (Å²) in [6.07, 6.45) is 4.51. The number of rotatable bonds is 5. The molecule has 3 aliphatic carbocycles. The minimum Gasteiger partial charge on any atom is -0.481 e. The summed E-state index contributed by atoms with van der Waals surface area (Å²) in [4.78, 5) is 25.0. The first kappa shape index (κ1) is 23.1. The van der Waals surface area contributed by atoms with Crippen molar-refractivity contribution < 1.29 is 24.5 Å². The highest BCUT2D eigenvalue weighted by Crippen LogP contribution is 2.65. The lowest BCUT2D eigenvalue weighted by molar-refractivity contribution is -0.222. The molecule has 3 aliphatic rings. The van der Waals surface area contributed by atoms with E-state index in [0.29, 0.717) is 18.8 Å². The molecule has 2 fully saturated rings. The number of carbonyl (C=O) groups is 2. The highest BCUT2D eigenvalue weighted by molar-refractivity contribution is 5.77. The summed E-state index contributed by atoms with van der Waals surface area (Å²) in [6, 6.07) is 0. The Morgan fingerprint density at radius 2 is 1.97 bits per heavy atom. The zero-order valence-corrected chi connectivity index (χ0v) is 19.1. The molecule has 3 rings (SSSR count). The van der Waals surface area contributed by atoms with Gasteiger partial charge in [0.1, 0.15) is 11.5 Å². The summed E-state index contributed by atoms with van der Waals surface area (Å²) in [7, 11) is 0. The Morgan fingerprint density at radius 3 is 2.53 bits per heavy atom. The number of esters is 1.